The zero-order chi connectivity index (χ0) is 19.8. The van der Waals surface area contributed by atoms with Crippen molar-refractivity contribution in [3.8, 4) is 5.75 Å². The molecule has 3 rings (SSSR count). The molecule has 2 aromatic rings. The van der Waals surface area contributed by atoms with Gasteiger partial charge in [-0.05, 0) is 37.1 Å². The number of hydrogen-bond acceptors (Lipinski definition) is 3. The highest BCUT2D eigenvalue weighted by molar-refractivity contribution is 5.88. The molecule has 2 aromatic carbocycles. The molecule has 0 aromatic heterocycles. The number of ether oxygens (including phenoxy) is 1. The van der Waals surface area contributed by atoms with Gasteiger partial charge in [0.25, 0.3) is 0 Å². The van der Waals surface area contributed by atoms with Gasteiger partial charge in [-0.2, -0.15) is 0 Å². The summed E-state index contributed by atoms with van der Waals surface area (Å²) >= 11 is 0. The number of nitrogens with one attached hydrogen (secondary N) is 1. The molecule has 1 aliphatic rings. The number of piperidine rings is 1. The van der Waals surface area contributed by atoms with Crippen LogP contribution < -0.4 is 10.1 Å². The molecule has 28 heavy (non-hydrogen) atoms. The standard InChI is InChI=1S/C23H30N2O3/c1-2-14-24-23(27)19-10-6-15-25(17-19)22(26)13-7-16-28-21-12-5-9-18-8-3-4-11-20(18)21/h3-5,8-9,11-12,19H,2,6-7,10,13-17H2,1H3,(H,24,27). The molecule has 2 amide bonds. The van der Waals surface area contributed by atoms with Crippen LogP contribution in [0.1, 0.15) is 39.0 Å². The molecule has 1 N–H and O–H groups in total. The Morgan fingerprint density at radius 3 is 2.86 bits per heavy atom. The van der Waals surface area contributed by atoms with Gasteiger partial charge in [-0.1, -0.05) is 43.3 Å². The number of fused-ring (bicyclic) bond motifs is 1. The van der Waals surface area contributed by atoms with Crippen molar-refractivity contribution < 1.29 is 14.3 Å². The van der Waals surface area contributed by atoms with Crippen molar-refractivity contribution in [1.29, 1.82) is 0 Å². The van der Waals surface area contributed by atoms with E-state index < -0.39 is 0 Å². The van der Waals surface area contributed by atoms with Crippen molar-refractivity contribution in [2.75, 3.05) is 26.2 Å². The second-order valence-corrected chi connectivity index (χ2v) is 7.40. The minimum Gasteiger partial charge on any atom is -0.493 e. The maximum Gasteiger partial charge on any atom is 0.224 e. The van der Waals surface area contributed by atoms with Crippen LogP contribution in [0.25, 0.3) is 10.8 Å². The average Bonchev–Trinajstić information content (AvgIpc) is 2.75. The first-order valence-electron chi connectivity index (χ1n) is 10.3. The predicted octanol–water partition coefficient (Wildman–Crippen LogP) is 3.76. The highest BCUT2D eigenvalue weighted by atomic mass is 16.5. The molecule has 1 aliphatic heterocycles. The number of carbonyl (C=O) groups excluding carboxylic acids is 2. The highest BCUT2D eigenvalue weighted by Crippen LogP contribution is 2.25. The van der Waals surface area contributed by atoms with Crippen molar-refractivity contribution in [1.82, 2.24) is 10.2 Å². The number of hydrogen-bond donors (Lipinski definition) is 1. The van der Waals surface area contributed by atoms with Gasteiger partial charge in [0, 0.05) is 31.4 Å². The lowest BCUT2D eigenvalue weighted by molar-refractivity contribution is -0.135. The molecule has 0 saturated carbocycles. The van der Waals surface area contributed by atoms with Crippen LogP contribution in [-0.4, -0.2) is 43.0 Å². The van der Waals surface area contributed by atoms with Gasteiger partial charge in [-0.15, -0.1) is 0 Å². The van der Waals surface area contributed by atoms with Gasteiger partial charge in [0.1, 0.15) is 5.75 Å². The summed E-state index contributed by atoms with van der Waals surface area (Å²) in [5.41, 5.74) is 0. The monoisotopic (exact) mass is 382 g/mol. The molecule has 1 saturated heterocycles. The minimum absolute atomic E-state index is 0.0730. The molecule has 0 bridgehead atoms. The molecule has 0 aliphatic carbocycles. The van der Waals surface area contributed by atoms with Crippen molar-refractivity contribution in [3.63, 3.8) is 0 Å². The number of carbonyl (C=O) groups is 2. The lowest BCUT2D eigenvalue weighted by Gasteiger charge is -2.32. The molecular formula is C23H30N2O3. The van der Waals surface area contributed by atoms with E-state index in [1.165, 1.54) is 0 Å². The van der Waals surface area contributed by atoms with E-state index in [2.05, 4.69) is 17.4 Å². The summed E-state index contributed by atoms with van der Waals surface area (Å²) in [7, 11) is 0. The first-order valence-corrected chi connectivity index (χ1v) is 10.3. The molecule has 1 atom stereocenters. The average molecular weight is 383 g/mol. The van der Waals surface area contributed by atoms with Crippen LogP contribution in [0, 0.1) is 5.92 Å². The quantitative estimate of drug-likeness (QED) is 0.707. The van der Waals surface area contributed by atoms with E-state index >= 15 is 0 Å². The Labute approximate surface area is 167 Å². The number of rotatable bonds is 8. The summed E-state index contributed by atoms with van der Waals surface area (Å²) in [4.78, 5) is 26.6. The van der Waals surface area contributed by atoms with E-state index in [1.807, 2.05) is 42.2 Å². The van der Waals surface area contributed by atoms with E-state index in [1.54, 1.807) is 0 Å². The van der Waals surface area contributed by atoms with Crippen molar-refractivity contribution in [3.05, 3.63) is 42.5 Å². The second kappa shape index (κ2) is 10.1. The van der Waals surface area contributed by atoms with Crippen molar-refractivity contribution in [2.24, 2.45) is 5.92 Å². The summed E-state index contributed by atoms with van der Waals surface area (Å²) in [5, 5.41) is 5.19. The van der Waals surface area contributed by atoms with Gasteiger partial charge in [0.15, 0.2) is 0 Å². The summed E-state index contributed by atoms with van der Waals surface area (Å²) in [6.45, 7) is 4.54. The molecule has 5 nitrogen and oxygen atoms in total. The zero-order valence-electron chi connectivity index (χ0n) is 16.7. The van der Waals surface area contributed by atoms with E-state index in [0.29, 0.717) is 32.5 Å². The van der Waals surface area contributed by atoms with Gasteiger partial charge in [-0.25, -0.2) is 0 Å². The van der Waals surface area contributed by atoms with E-state index in [-0.39, 0.29) is 17.7 Å². The number of likely N-dealkylation sites (tertiary alicyclic amines) is 1. The van der Waals surface area contributed by atoms with Gasteiger partial charge in [0.2, 0.25) is 11.8 Å². The smallest absolute Gasteiger partial charge is 0.224 e. The number of nitrogens with zero attached hydrogens (tertiary/aromatic N) is 1. The van der Waals surface area contributed by atoms with Crippen LogP contribution in [0.4, 0.5) is 0 Å². The first-order chi connectivity index (χ1) is 13.7. The summed E-state index contributed by atoms with van der Waals surface area (Å²) in [6, 6.07) is 14.1. The number of benzene rings is 2. The SMILES string of the molecule is CCCNC(=O)C1CCCN(C(=O)CCCOc2cccc3ccccc23)C1. The minimum atomic E-state index is -0.0730. The Hall–Kier alpha value is -2.56. The maximum absolute atomic E-state index is 12.5. The van der Waals surface area contributed by atoms with Gasteiger partial charge < -0.3 is 15.0 Å². The molecule has 150 valence electrons. The summed E-state index contributed by atoms with van der Waals surface area (Å²) in [5.74, 6) is 0.987. The zero-order valence-corrected chi connectivity index (χ0v) is 16.7. The van der Waals surface area contributed by atoms with E-state index in [9.17, 15) is 9.59 Å². The van der Waals surface area contributed by atoms with Gasteiger partial charge in [-0.3, -0.25) is 9.59 Å². The molecule has 0 radical (unpaired) electrons. The Balaban J connectivity index is 1.44. The fraction of sp³-hybridized carbons (Fsp3) is 0.478. The molecule has 5 heteroatoms. The summed E-state index contributed by atoms with van der Waals surface area (Å²) in [6.07, 6.45) is 3.81. The molecule has 0 spiro atoms. The third-order valence-corrected chi connectivity index (χ3v) is 5.24. The third-order valence-electron chi connectivity index (χ3n) is 5.24. The van der Waals surface area contributed by atoms with Crippen LogP contribution >= 0.6 is 0 Å². The van der Waals surface area contributed by atoms with Crippen molar-refractivity contribution in [2.45, 2.75) is 39.0 Å². The Morgan fingerprint density at radius 1 is 1.18 bits per heavy atom. The van der Waals surface area contributed by atoms with Crippen LogP contribution in [0.5, 0.6) is 5.75 Å². The van der Waals surface area contributed by atoms with Gasteiger partial charge in [0.05, 0.1) is 12.5 Å². The topological polar surface area (TPSA) is 58.6 Å². The fourth-order valence-corrected chi connectivity index (χ4v) is 3.70. The Bertz CT molecular complexity index is 800. The second-order valence-electron chi connectivity index (χ2n) is 7.40. The van der Waals surface area contributed by atoms with E-state index in [4.69, 9.17) is 4.74 Å². The highest BCUT2D eigenvalue weighted by Gasteiger charge is 2.27. The largest absolute Gasteiger partial charge is 0.493 e. The molecular weight excluding hydrogens is 352 g/mol. The first kappa shape index (κ1) is 20.2. The molecule has 1 heterocycles. The lowest BCUT2D eigenvalue weighted by atomic mass is 9.96. The normalized spacial score (nSPS) is 16.8. The summed E-state index contributed by atoms with van der Waals surface area (Å²) < 4.78 is 5.93. The van der Waals surface area contributed by atoms with E-state index in [0.717, 1.165) is 42.3 Å². The fourth-order valence-electron chi connectivity index (χ4n) is 3.70. The Morgan fingerprint density at radius 2 is 2.00 bits per heavy atom. The maximum atomic E-state index is 12.5. The van der Waals surface area contributed by atoms with Crippen LogP contribution in [0.15, 0.2) is 42.5 Å². The molecule has 1 unspecified atom stereocenters. The lowest BCUT2D eigenvalue weighted by Crippen LogP contribution is -2.45. The van der Waals surface area contributed by atoms with Crippen LogP contribution in [-0.2, 0) is 9.59 Å². The van der Waals surface area contributed by atoms with Crippen LogP contribution in [0.3, 0.4) is 0 Å². The van der Waals surface area contributed by atoms with Crippen LogP contribution in [0.2, 0.25) is 0 Å². The molecule has 1 fully saturated rings. The third kappa shape index (κ3) is 5.24. The predicted molar refractivity (Wildman–Crippen MR) is 111 cm³/mol. The van der Waals surface area contributed by atoms with Gasteiger partial charge >= 0.3 is 0 Å². The number of amides is 2. The van der Waals surface area contributed by atoms with Crippen molar-refractivity contribution >= 4 is 22.6 Å². The Kier molecular flexibility index (Phi) is 7.29.